The Bertz CT molecular complexity index is 453. The SMILES string of the molecule is COc1ccc(CCNC(=O)CC(C)C2CCNCC2)cc1. The molecule has 4 heteroatoms. The van der Waals surface area contributed by atoms with Gasteiger partial charge in [-0.2, -0.15) is 0 Å². The molecule has 1 atom stereocenters. The summed E-state index contributed by atoms with van der Waals surface area (Å²) in [6, 6.07) is 8.00. The third kappa shape index (κ3) is 5.34. The van der Waals surface area contributed by atoms with E-state index >= 15 is 0 Å². The Labute approximate surface area is 133 Å². The standard InChI is InChI=1S/C18H28N2O2/c1-14(16-8-10-19-11-9-16)13-18(21)20-12-7-15-3-5-17(22-2)6-4-15/h3-6,14,16,19H,7-13H2,1-2H3,(H,20,21). The number of benzene rings is 1. The van der Waals surface area contributed by atoms with E-state index in [2.05, 4.69) is 17.6 Å². The maximum Gasteiger partial charge on any atom is 0.220 e. The van der Waals surface area contributed by atoms with E-state index in [0.29, 0.717) is 24.8 Å². The number of hydrogen-bond donors (Lipinski definition) is 2. The van der Waals surface area contributed by atoms with Crippen LogP contribution < -0.4 is 15.4 Å². The van der Waals surface area contributed by atoms with E-state index in [-0.39, 0.29) is 5.91 Å². The van der Waals surface area contributed by atoms with Gasteiger partial charge in [0.25, 0.3) is 0 Å². The Hall–Kier alpha value is -1.55. The van der Waals surface area contributed by atoms with Crippen LogP contribution in [0.2, 0.25) is 0 Å². The molecule has 4 nitrogen and oxygen atoms in total. The normalized spacial score (nSPS) is 17.0. The number of amides is 1. The molecule has 1 saturated heterocycles. The molecule has 1 amide bonds. The highest BCUT2D eigenvalue weighted by Gasteiger charge is 2.21. The highest BCUT2D eigenvalue weighted by Crippen LogP contribution is 2.24. The maximum absolute atomic E-state index is 12.0. The molecule has 0 bridgehead atoms. The fourth-order valence-corrected chi connectivity index (χ4v) is 3.08. The summed E-state index contributed by atoms with van der Waals surface area (Å²) in [6.07, 6.45) is 3.89. The summed E-state index contributed by atoms with van der Waals surface area (Å²) in [4.78, 5) is 12.0. The molecule has 1 fully saturated rings. The second kappa shape index (κ2) is 8.79. The Morgan fingerprint density at radius 1 is 1.32 bits per heavy atom. The van der Waals surface area contributed by atoms with E-state index in [0.717, 1.165) is 25.3 Å². The predicted octanol–water partition coefficient (Wildman–Crippen LogP) is 2.38. The molecule has 0 spiro atoms. The van der Waals surface area contributed by atoms with Crippen LogP contribution in [-0.4, -0.2) is 32.7 Å². The summed E-state index contributed by atoms with van der Waals surface area (Å²) in [5, 5.41) is 6.42. The summed E-state index contributed by atoms with van der Waals surface area (Å²) in [5.41, 5.74) is 1.22. The first-order valence-electron chi connectivity index (χ1n) is 8.29. The summed E-state index contributed by atoms with van der Waals surface area (Å²) in [7, 11) is 1.67. The van der Waals surface area contributed by atoms with Gasteiger partial charge in [-0.15, -0.1) is 0 Å². The number of carbonyl (C=O) groups is 1. The first kappa shape index (κ1) is 16.8. The molecule has 1 heterocycles. The highest BCUT2D eigenvalue weighted by molar-refractivity contribution is 5.76. The van der Waals surface area contributed by atoms with Crippen molar-refractivity contribution < 1.29 is 9.53 Å². The van der Waals surface area contributed by atoms with Crippen molar-refractivity contribution in [2.24, 2.45) is 11.8 Å². The topological polar surface area (TPSA) is 50.4 Å². The minimum absolute atomic E-state index is 0.180. The number of methoxy groups -OCH3 is 1. The lowest BCUT2D eigenvalue weighted by atomic mass is 9.84. The van der Waals surface area contributed by atoms with Gasteiger partial charge in [-0.1, -0.05) is 19.1 Å². The Kier molecular flexibility index (Phi) is 6.72. The molecule has 1 aliphatic heterocycles. The zero-order valence-electron chi connectivity index (χ0n) is 13.7. The third-order valence-electron chi connectivity index (χ3n) is 4.59. The Morgan fingerprint density at radius 2 is 2.00 bits per heavy atom. The van der Waals surface area contributed by atoms with E-state index in [1.807, 2.05) is 24.3 Å². The molecule has 1 aromatic rings. The summed E-state index contributed by atoms with van der Waals surface area (Å²) < 4.78 is 5.14. The van der Waals surface area contributed by atoms with Gasteiger partial charge in [-0.05, 0) is 61.9 Å². The van der Waals surface area contributed by atoms with Crippen molar-refractivity contribution in [2.75, 3.05) is 26.7 Å². The van der Waals surface area contributed by atoms with Gasteiger partial charge in [0.15, 0.2) is 0 Å². The van der Waals surface area contributed by atoms with E-state index in [1.165, 1.54) is 18.4 Å². The van der Waals surface area contributed by atoms with Gasteiger partial charge in [-0.25, -0.2) is 0 Å². The van der Waals surface area contributed by atoms with Crippen LogP contribution in [-0.2, 0) is 11.2 Å². The van der Waals surface area contributed by atoms with Crippen LogP contribution in [0.4, 0.5) is 0 Å². The maximum atomic E-state index is 12.0. The first-order valence-corrected chi connectivity index (χ1v) is 8.29. The van der Waals surface area contributed by atoms with Gasteiger partial charge in [0.05, 0.1) is 7.11 Å². The van der Waals surface area contributed by atoms with Crippen molar-refractivity contribution in [3.05, 3.63) is 29.8 Å². The van der Waals surface area contributed by atoms with Gasteiger partial charge in [0, 0.05) is 13.0 Å². The van der Waals surface area contributed by atoms with Crippen LogP contribution in [0.3, 0.4) is 0 Å². The molecule has 122 valence electrons. The number of carbonyl (C=O) groups excluding carboxylic acids is 1. The lowest BCUT2D eigenvalue weighted by Crippen LogP contribution is -2.34. The quantitative estimate of drug-likeness (QED) is 0.813. The van der Waals surface area contributed by atoms with E-state index in [4.69, 9.17) is 4.74 Å². The van der Waals surface area contributed by atoms with Crippen LogP contribution in [0.25, 0.3) is 0 Å². The van der Waals surface area contributed by atoms with Crippen LogP contribution in [0.1, 0.15) is 31.7 Å². The van der Waals surface area contributed by atoms with Crippen LogP contribution >= 0.6 is 0 Å². The highest BCUT2D eigenvalue weighted by atomic mass is 16.5. The number of hydrogen-bond acceptors (Lipinski definition) is 3. The molecule has 2 N–H and O–H groups in total. The molecule has 1 unspecified atom stereocenters. The van der Waals surface area contributed by atoms with Crippen molar-refractivity contribution in [1.82, 2.24) is 10.6 Å². The van der Waals surface area contributed by atoms with Crippen molar-refractivity contribution >= 4 is 5.91 Å². The summed E-state index contributed by atoms with van der Waals surface area (Å²) >= 11 is 0. The summed E-state index contributed by atoms with van der Waals surface area (Å²) in [6.45, 7) is 5.09. The Balaban J connectivity index is 1.66. The fraction of sp³-hybridized carbons (Fsp3) is 0.611. The minimum atomic E-state index is 0.180. The molecule has 1 aliphatic rings. The van der Waals surface area contributed by atoms with E-state index < -0.39 is 0 Å². The van der Waals surface area contributed by atoms with Gasteiger partial charge in [0.2, 0.25) is 5.91 Å². The molecular weight excluding hydrogens is 276 g/mol. The lowest BCUT2D eigenvalue weighted by molar-refractivity contribution is -0.122. The molecule has 22 heavy (non-hydrogen) atoms. The smallest absolute Gasteiger partial charge is 0.220 e. The van der Waals surface area contributed by atoms with Gasteiger partial charge >= 0.3 is 0 Å². The van der Waals surface area contributed by atoms with Crippen molar-refractivity contribution in [2.45, 2.75) is 32.6 Å². The number of ether oxygens (including phenoxy) is 1. The zero-order valence-corrected chi connectivity index (χ0v) is 13.7. The fourth-order valence-electron chi connectivity index (χ4n) is 3.08. The number of nitrogens with one attached hydrogen (secondary N) is 2. The van der Waals surface area contributed by atoms with Crippen molar-refractivity contribution in [3.63, 3.8) is 0 Å². The summed E-state index contributed by atoms with van der Waals surface area (Å²) in [5.74, 6) is 2.21. The van der Waals surface area contributed by atoms with Gasteiger partial charge < -0.3 is 15.4 Å². The largest absolute Gasteiger partial charge is 0.497 e. The van der Waals surface area contributed by atoms with Gasteiger partial charge in [0.1, 0.15) is 5.75 Å². The zero-order chi connectivity index (χ0) is 15.8. The van der Waals surface area contributed by atoms with Crippen LogP contribution in [0, 0.1) is 11.8 Å². The molecule has 1 aromatic carbocycles. The number of rotatable bonds is 7. The van der Waals surface area contributed by atoms with Crippen LogP contribution in [0.15, 0.2) is 24.3 Å². The average molecular weight is 304 g/mol. The van der Waals surface area contributed by atoms with Crippen molar-refractivity contribution in [3.8, 4) is 5.75 Å². The Morgan fingerprint density at radius 3 is 2.64 bits per heavy atom. The minimum Gasteiger partial charge on any atom is -0.497 e. The van der Waals surface area contributed by atoms with Gasteiger partial charge in [-0.3, -0.25) is 4.79 Å². The monoisotopic (exact) mass is 304 g/mol. The second-order valence-corrected chi connectivity index (χ2v) is 6.22. The molecule has 0 radical (unpaired) electrons. The predicted molar refractivity (Wildman–Crippen MR) is 89.1 cm³/mol. The molecule has 0 saturated carbocycles. The first-order chi connectivity index (χ1) is 10.7. The second-order valence-electron chi connectivity index (χ2n) is 6.22. The van der Waals surface area contributed by atoms with E-state index in [9.17, 15) is 4.79 Å². The van der Waals surface area contributed by atoms with Crippen molar-refractivity contribution in [1.29, 1.82) is 0 Å². The molecular formula is C18H28N2O2. The van der Waals surface area contributed by atoms with Crippen LogP contribution in [0.5, 0.6) is 5.75 Å². The van der Waals surface area contributed by atoms with E-state index in [1.54, 1.807) is 7.11 Å². The lowest BCUT2D eigenvalue weighted by Gasteiger charge is -2.27. The third-order valence-corrected chi connectivity index (χ3v) is 4.59. The molecule has 0 aliphatic carbocycles. The molecule has 0 aromatic heterocycles. The average Bonchev–Trinajstić information content (AvgIpc) is 2.56. The number of piperidine rings is 1. The molecule has 2 rings (SSSR count).